The number of halogens is 1. The lowest BCUT2D eigenvalue weighted by atomic mass is 9.92. The predicted octanol–water partition coefficient (Wildman–Crippen LogP) is 4.23. The topological polar surface area (TPSA) is 48.6 Å². The van der Waals surface area contributed by atoms with Crippen LogP contribution in [0, 0.1) is 11.7 Å². The van der Waals surface area contributed by atoms with Crippen LogP contribution >= 0.6 is 0 Å². The zero-order valence-electron chi connectivity index (χ0n) is 16.6. The van der Waals surface area contributed by atoms with Crippen LogP contribution in [0.25, 0.3) is 11.3 Å². The second-order valence-electron chi connectivity index (χ2n) is 7.77. The second kappa shape index (κ2) is 8.91. The quantitative estimate of drug-likeness (QED) is 0.630. The summed E-state index contributed by atoms with van der Waals surface area (Å²) in [5.41, 5.74) is 2.95. The number of nitrogens with zero attached hydrogens (tertiary/aromatic N) is 1. The number of aliphatic hydroxyl groups is 1. The van der Waals surface area contributed by atoms with Crippen LogP contribution in [-0.2, 0) is 6.54 Å². The number of likely N-dealkylation sites (N-methyl/N-ethyl adjacent to an activating group) is 1. The first kappa shape index (κ1) is 19.8. The van der Waals surface area contributed by atoms with E-state index < -0.39 is 0 Å². The maximum Gasteiger partial charge on any atom is 0.133 e. The third-order valence-corrected chi connectivity index (χ3v) is 5.97. The Kier molecular flexibility index (Phi) is 6.09. The van der Waals surface area contributed by atoms with Crippen LogP contribution in [0.5, 0.6) is 0 Å². The van der Waals surface area contributed by atoms with Crippen molar-refractivity contribution in [2.75, 3.05) is 20.2 Å². The molecule has 0 aliphatic carbocycles. The molecule has 0 bridgehead atoms. The van der Waals surface area contributed by atoms with E-state index in [0.717, 1.165) is 30.8 Å². The van der Waals surface area contributed by atoms with Crippen molar-refractivity contribution in [3.63, 3.8) is 0 Å². The number of rotatable bonds is 7. The molecule has 4 rings (SSSR count). The van der Waals surface area contributed by atoms with Crippen molar-refractivity contribution < 1.29 is 13.9 Å². The molecule has 152 valence electrons. The van der Waals surface area contributed by atoms with Gasteiger partial charge in [-0.15, -0.1) is 0 Å². The van der Waals surface area contributed by atoms with Crippen LogP contribution in [0.2, 0.25) is 0 Å². The number of benzene rings is 2. The molecule has 2 N–H and O–H groups in total. The highest BCUT2D eigenvalue weighted by Gasteiger charge is 2.40. The predicted molar refractivity (Wildman–Crippen MR) is 112 cm³/mol. The minimum atomic E-state index is -0.179. The molecule has 1 fully saturated rings. The third kappa shape index (κ3) is 4.27. The Balaban J connectivity index is 1.40. The molecule has 4 nitrogen and oxygen atoms in total. The number of aliphatic hydroxyl groups excluding tert-OH is 1. The Labute approximate surface area is 171 Å². The Morgan fingerprint density at radius 2 is 1.90 bits per heavy atom. The van der Waals surface area contributed by atoms with Gasteiger partial charge >= 0.3 is 0 Å². The van der Waals surface area contributed by atoms with E-state index in [0.29, 0.717) is 5.56 Å². The molecule has 1 aliphatic heterocycles. The summed E-state index contributed by atoms with van der Waals surface area (Å²) < 4.78 is 19.9. The Morgan fingerprint density at radius 3 is 2.59 bits per heavy atom. The van der Waals surface area contributed by atoms with E-state index in [2.05, 4.69) is 34.5 Å². The SMILES string of the molecule is CN1[C@H](CO)C[C@H](CNCc2ccc(-c3ccco3)cc2)[C@@H]1c1ccccc1F. The molecule has 1 saturated heterocycles. The van der Waals surface area contributed by atoms with Crippen molar-refractivity contribution in [3.8, 4) is 11.3 Å². The number of hydrogen-bond donors (Lipinski definition) is 2. The Morgan fingerprint density at radius 1 is 1.10 bits per heavy atom. The summed E-state index contributed by atoms with van der Waals surface area (Å²) >= 11 is 0. The zero-order valence-corrected chi connectivity index (χ0v) is 16.6. The fourth-order valence-corrected chi connectivity index (χ4v) is 4.42. The summed E-state index contributed by atoms with van der Waals surface area (Å²) in [6, 6.07) is 19.1. The average molecular weight is 394 g/mol. The van der Waals surface area contributed by atoms with Crippen molar-refractivity contribution in [1.82, 2.24) is 10.2 Å². The molecule has 0 radical (unpaired) electrons. The van der Waals surface area contributed by atoms with Crippen molar-refractivity contribution >= 4 is 0 Å². The lowest BCUT2D eigenvalue weighted by Crippen LogP contribution is -2.32. The van der Waals surface area contributed by atoms with Gasteiger partial charge in [-0.3, -0.25) is 4.90 Å². The number of nitrogens with one attached hydrogen (secondary N) is 1. The van der Waals surface area contributed by atoms with E-state index in [9.17, 15) is 9.50 Å². The molecule has 3 aromatic rings. The van der Waals surface area contributed by atoms with Gasteiger partial charge in [0.1, 0.15) is 11.6 Å². The van der Waals surface area contributed by atoms with Gasteiger partial charge in [-0.25, -0.2) is 4.39 Å². The van der Waals surface area contributed by atoms with Gasteiger partial charge < -0.3 is 14.8 Å². The molecular weight excluding hydrogens is 367 g/mol. The molecule has 2 aromatic carbocycles. The Bertz CT molecular complexity index is 911. The largest absolute Gasteiger partial charge is 0.464 e. The van der Waals surface area contributed by atoms with Crippen LogP contribution in [0.1, 0.15) is 23.6 Å². The van der Waals surface area contributed by atoms with Gasteiger partial charge in [0.2, 0.25) is 0 Å². The van der Waals surface area contributed by atoms with Gasteiger partial charge in [-0.2, -0.15) is 0 Å². The van der Waals surface area contributed by atoms with Crippen LogP contribution in [0.3, 0.4) is 0 Å². The number of hydrogen-bond acceptors (Lipinski definition) is 4. The van der Waals surface area contributed by atoms with Crippen LogP contribution < -0.4 is 5.32 Å². The van der Waals surface area contributed by atoms with E-state index in [1.165, 1.54) is 11.6 Å². The van der Waals surface area contributed by atoms with E-state index in [1.807, 2.05) is 31.3 Å². The van der Waals surface area contributed by atoms with Crippen molar-refractivity contribution in [1.29, 1.82) is 0 Å². The van der Waals surface area contributed by atoms with Crippen LogP contribution in [0.4, 0.5) is 4.39 Å². The molecule has 0 amide bonds. The smallest absolute Gasteiger partial charge is 0.133 e. The summed E-state index contributed by atoms with van der Waals surface area (Å²) in [5.74, 6) is 0.916. The van der Waals surface area contributed by atoms with E-state index in [-0.39, 0.29) is 30.4 Å². The molecule has 29 heavy (non-hydrogen) atoms. The first-order valence-electron chi connectivity index (χ1n) is 10.1. The molecule has 2 heterocycles. The summed E-state index contributed by atoms with van der Waals surface area (Å²) in [6.07, 6.45) is 2.52. The van der Waals surface area contributed by atoms with Gasteiger partial charge in [0.25, 0.3) is 0 Å². The fourth-order valence-electron chi connectivity index (χ4n) is 4.42. The third-order valence-electron chi connectivity index (χ3n) is 5.97. The average Bonchev–Trinajstić information content (AvgIpc) is 3.38. The van der Waals surface area contributed by atoms with Crippen molar-refractivity contribution in [2.45, 2.75) is 25.0 Å². The molecule has 1 aliphatic rings. The van der Waals surface area contributed by atoms with Gasteiger partial charge in [-0.1, -0.05) is 42.5 Å². The molecule has 3 atom stereocenters. The highest BCUT2D eigenvalue weighted by Crippen LogP contribution is 2.40. The summed E-state index contributed by atoms with van der Waals surface area (Å²) in [6.45, 7) is 1.60. The highest BCUT2D eigenvalue weighted by molar-refractivity contribution is 5.57. The summed E-state index contributed by atoms with van der Waals surface area (Å²) in [4.78, 5) is 2.11. The number of furan rings is 1. The van der Waals surface area contributed by atoms with Gasteiger partial charge in [0, 0.05) is 36.3 Å². The van der Waals surface area contributed by atoms with Gasteiger partial charge in [0.15, 0.2) is 0 Å². The fraction of sp³-hybridized carbons (Fsp3) is 0.333. The van der Waals surface area contributed by atoms with Gasteiger partial charge in [-0.05, 0) is 43.1 Å². The lowest BCUT2D eigenvalue weighted by Gasteiger charge is -2.28. The molecular formula is C24H27FN2O2. The minimum absolute atomic E-state index is 0.0396. The van der Waals surface area contributed by atoms with Gasteiger partial charge in [0.05, 0.1) is 12.9 Å². The monoisotopic (exact) mass is 394 g/mol. The van der Waals surface area contributed by atoms with Crippen LogP contribution in [-0.4, -0.2) is 36.2 Å². The highest BCUT2D eigenvalue weighted by atomic mass is 19.1. The standard InChI is InChI=1S/C24H27FN2O2/c1-27-20(16-28)13-19(24(27)21-5-2-3-6-22(21)25)15-26-14-17-8-10-18(11-9-17)23-7-4-12-29-23/h2-12,19-20,24,26,28H,13-16H2,1H3/t19-,20+,24-/m1/s1. The second-order valence-corrected chi connectivity index (χ2v) is 7.77. The minimum Gasteiger partial charge on any atom is -0.464 e. The van der Waals surface area contributed by atoms with E-state index >= 15 is 0 Å². The molecule has 0 spiro atoms. The van der Waals surface area contributed by atoms with Crippen LogP contribution in [0.15, 0.2) is 71.3 Å². The molecule has 0 unspecified atom stereocenters. The molecule has 5 heteroatoms. The summed E-state index contributed by atoms with van der Waals surface area (Å²) in [7, 11) is 1.98. The van der Waals surface area contributed by atoms with Crippen molar-refractivity contribution in [3.05, 3.63) is 83.9 Å². The first-order chi connectivity index (χ1) is 14.2. The van der Waals surface area contributed by atoms with Crippen molar-refractivity contribution in [2.24, 2.45) is 5.92 Å². The Hall–Kier alpha value is -2.47. The normalized spacial score (nSPS) is 22.2. The maximum atomic E-state index is 14.4. The molecule has 0 saturated carbocycles. The number of likely N-dealkylation sites (tertiary alicyclic amines) is 1. The zero-order chi connectivity index (χ0) is 20.2. The maximum absolute atomic E-state index is 14.4. The lowest BCUT2D eigenvalue weighted by molar-refractivity contribution is 0.151. The first-order valence-corrected chi connectivity index (χ1v) is 10.1. The molecule has 1 aromatic heterocycles. The van der Waals surface area contributed by atoms with E-state index in [1.54, 1.807) is 12.3 Å². The summed E-state index contributed by atoms with van der Waals surface area (Å²) in [5, 5.41) is 13.3. The van der Waals surface area contributed by atoms with E-state index in [4.69, 9.17) is 4.42 Å².